The van der Waals surface area contributed by atoms with Crippen LogP contribution in [-0.2, 0) is 6.42 Å². The Kier molecular flexibility index (Phi) is 13.1. The van der Waals surface area contributed by atoms with Crippen LogP contribution < -0.4 is 15.8 Å². The van der Waals surface area contributed by atoms with Crippen molar-refractivity contribution in [3.05, 3.63) is 75.8 Å². The van der Waals surface area contributed by atoms with Crippen LogP contribution in [0.1, 0.15) is 47.9 Å². The monoisotopic (exact) mass is 566 g/mol. The number of nitrogens with zero attached hydrogens (tertiary/aromatic N) is 3. The van der Waals surface area contributed by atoms with Gasteiger partial charge in [-0.1, -0.05) is 36.9 Å². The third kappa shape index (κ3) is 10.4. The van der Waals surface area contributed by atoms with E-state index in [9.17, 15) is 0 Å². The Labute approximate surface area is 242 Å². The molecule has 0 bridgehead atoms. The zero-order valence-electron chi connectivity index (χ0n) is 24.2. The van der Waals surface area contributed by atoms with Crippen LogP contribution in [-0.4, -0.2) is 62.8 Å². The van der Waals surface area contributed by atoms with E-state index in [-0.39, 0.29) is 0 Å². The molecule has 6 nitrogen and oxygen atoms in total. The fourth-order valence-corrected chi connectivity index (χ4v) is 5.47. The van der Waals surface area contributed by atoms with Crippen molar-refractivity contribution in [2.24, 2.45) is 15.7 Å². The summed E-state index contributed by atoms with van der Waals surface area (Å²) in [6.07, 6.45) is 9.22. The van der Waals surface area contributed by atoms with Crippen molar-refractivity contribution in [1.29, 1.82) is 0 Å². The molecule has 0 atom stereocenters. The largest absolute Gasteiger partial charge is 0.342 e. The Morgan fingerprint density at radius 1 is 1.21 bits per heavy atom. The Bertz CT molecular complexity index is 1300. The van der Waals surface area contributed by atoms with Gasteiger partial charge >= 0.3 is 0 Å². The maximum absolute atomic E-state index is 4.88. The third-order valence-corrected chi connectivity index (χ3v) is 7.34. The van der Waals surface area contributed by atoms with Gasteiger partial charge in [0.25, 0.3) is 0 Å². The summed E-state index contributed by atoms with van der Waals surface area (Å²) in [6, 6.07) is 12.7. The SMILES string of the molecule is C=NC(=Nc1cc(C)c(C2CCN(C)CC2)cc1CC)NC(/C=C\S)=C\c1cccc(NS(=C)(=C)C)c1.CN. The van der Waals surface area contributed by atoms with Gasteiger partial charge in [-0.05, 0) is 130 Å². The summed E-state index contributed by atoms with van der Waals surface area (Å²) in [5.74, 6) is 9.27. The number of benzene rings is 2. The highest BCUT2D eigenvalue weighted by atomic mass is 32.2. The van der Waals surface area contributed by atoms with E-state index in [1.807, 2.05) is 36.6 Å². The van der Waals surface area contributed by atoms with Crippen LogP contribution in [0.15, 0.2) is 63.6 Å². The lowest BCUT2D eigenvalue weighted by Gasteiger charge is -2.30. The van der Waals surface area contributed by atoms with E-state index >= 15 is 0 Å². The number of piperidine rings is 1. The van der Waals surface area contributed by atoms with Gasteiger partial charge in [0.05, 0.1) is 5.69 Å². The van der Waals surface area contributed by atoms with E-state index < -0.39 is 9.39 Å². The normalized spacial score (nSPS) is 15.6. The first-order valence-corrected chi connectivity index (χ1v) is 16.1. The number of aryl methyl sites for hydroxylation is 2. The summed E-state index contributed by atoms with van der Waals surface area (Å²) >= 11 is 4.29. The van der Waals surface area contributed by atoms with E-state index in [4.69, 9.17) is 4.99 Å². The molecule has 1 aliphatic heterocycles. The molecule has 0 aromatic heterocycles. The quantitative estimate of drug-likeness (QED) is 0.0990. The van der Waals surface area contributed by atoms with Crippen molar-refractivity contribution in [3.8, 4) is 0 Å². The number of nitrogens with two attached hydrogens (primary N) is 1. The smallest absolute Gasteiger partial charge is 0.227 e. The zero-order valence-corrected chi connectivity index (χ0v) is 25.9. The molecule has 8 heteroatoms. The number of anilines is 1. The van der Waals surface area contributed by atoms with Crippen LogP contribution in [0.4, 0.5) is 11.4 Å². The molecular weight excluding hydrogens is 521 g/mol. The lowest BCUT2D eigenvalue weighted by molar-refractivity contribution is 0.255. The number of rotatable bonds is 8. The van der Waals surface area contributed by atoms with Crippen LogP contribution in [0.5, 0.6) is 0 Å². The molecule has 0 amide bonds. The highest BCUT2D eigenvalue weighted by molar-refractivity contribution is 8.28. The Hall–Kier alpha value is -2.78. The molecule has 212 valence electrons. The first kappa shape index (κ1) is 32.4. The average molecular weight is 567 g/mol. The Morgan fingerprint density at radius 2 is 1.90 bits per heavy atom. The molecule has 1 aliphatic rings. The van der Waals surface area contributed by atoms with Gasteiger partial charge in [0.2, 0.25) is 5.96 Å². The molecule has 4 N–H and O–H groups in total. The predicted octanol–water partition coefficient (Wildman–Crippen LogP) is 6.33. The van der Waals surface area contributed by atoms with Crippen molar-refractivity contribution in [3.63, 3.8) is 0 Å². The molecule has 1 fully saturated rings. The van der Waals surface area contributed by atoms with Gasteiger partial charge in [0, 0.05) is 11.4 Å². The third-order valence-electron chi connectivity index (χ3n) is 6.47. The molecule has 0 unspecified atom stereocenters. The number of guanidine groups is 1. The van der Waals surface area contributed by atoms with Crippen LogP contribution in [0.25, 0.3) is 6.08 Å². The summed E-state index contributed by atoms with van der Waals surface area (Å²) in [6.45, 7) is 10.4. The first-order chi connectivity index (χ1) is 18.6. The van der Waals surface area contributed by atoms with E-state index in [0.29, 0.717) is 11.9 Å². The molecule has 2 aromatic rings. The molecule has 0 spiro atoms. The minimum absolute atomic E-state index is 0.445. The van der Waals surface area contributed by atoms with Crippen LogP contribution >= 0.6 is 22.0 Å². The second-order valence-corrected chi connectivity index (χ2v) is 13.0. The molecule has 3 rings (SSSR count). The van der Waals surface area contributed by atoms with Crippen molar-refractivity contribution < 1.29 is 0 Å². The number of nitrogens with one attached hydrogen (secondary N) is 2. The van der Waals surface area contributed by atoms with E-state index in [0.717, 1.165) is 42.1 Å². The van der Waals surface area contributed by atoms with E-state index in [1.165, 1.54) is 36.6 Å². The second kappa shape index (κ2) is 15.7. The minimum atomic E-state index is -1.37. The number of likely N-dealkylation sites (tertiary alicyclic amines) is 1. The van der Waals surface area contributed by atoms with Crippen LogP contribution in [0.2, 0.25) is 0 Å². The van der Waals surface area contributed by atoms with Gasteiger partial charge in [-0.2, -0.15) is 12.6 Å². The van der Waals surface area contributed by atoms with Crippen LogP contribution in [0, 0.1) is 6.92 Å². The summed E-state index contributed by atoms with van der Waals surface area (Å²) in [5.41, 5.74) is 12.2. The summed E-state index contributed by atoms with van der Waals surface area (Å²) in [7, 11) is 2.33. The molecule has 39 heavy (non-hydrogen) atoms. The molecule has 0 saturated carbocycles. The fourth-order valence-electron chi connectivity index (χ4n) is 4.61. The highest BCUT2D eigenvalue weighted by Crippen LogP contribution is 2.34. The topological polar surface area (TPSA) is 78.0 Å². The molecule has 0 radical (unpaired) electrons. The Morgan fingerprint density at radius 3 is 2.49 bits per heavy atom. The molecule has 1 saturated heterocycles. The number of hydrogen-bond donors (Lipinski definition) is 4. The molecule has 1 heterocycles. The predicted molar refractivity (Wildman–Crippen MR) is 184 cm³/mol. The number of allylic oxidation sites excluding steroid dienone is 1. The van der Waals surface area contributed by atoms with E-state index in [2.05, 4.69) is 95.8 Å². The summed E-state index contributed by atoms with van der Waals surface area (Å²) < 4.78 is 3.38. The number of thiol groups is 1. The van der Waals surface area contributed by atoms with E-state index in [1.54, 1.807) is 5.41 Å². The van der Waals surface area contributed by atoms with Gasteiger partial charge in [-0.25, -0.2) is 9.98 Å². The van der Waals surface area contributed by atoms with Crippen LogP contribution in [0.3, 0.4) is 0 Å². The Balaban J connectivity index is 0.00000260. The van der Waals surface area contributed by atoms with Gasteiger partial charge < -0.3 is 20.7 Å². The molecule has 0 aliphatic carbocycles. The van der Waals surface area contributed by atoms with Gasteiger partial charge in [0.1, 0.15) is 0 Å². The summed E-state index contributed by atoms with van der Waals surface area (Å²) in [4.78, 5) is 11.5. The number of aliphatic imine (C=N–C) groups is 2. The van der Waals surface area contributed by atoms with Crippen molar-refractivity contribution in [2.45, 2.75) is 39.0 Å². The minimum Gasteiger partial charge on any atom is -0.342 e. The summed E-state index contributed by atoms with van der Waals surface area (Å²) in [5, 5.41) is 5.01. The van der Waals surface area contributed by atoms with Gasteiger partial charge in [0.15, 0.2) is 0 Å². The maximum Gasteiger partial charge on any atom is 0.227 e. The standard InChI is InChI=1S/C30H41N5S2.CH5N/c1-8-24-21-28(25-12-15-35(4)16-13-25)22(2)18-29(24)33-30(31-3)32-26(14-17-36)19-23-10-9-11-27(20-23)34-37(5,6)7;1-2/h9-11,14,17-21,25,34,36H,3,5-6,8,12-13,15-16H2,1-2,4,7H3,(H,32,33);2H2,1H3/b17-14-,26-19-;. The van der Waals surface area contributed by atoms with Crippen molar-refractivity contribution in [2.75, 3.05) is 38.2 Å². The lowest BCUT2D eigenvalue weighted by atomic mass is 9.85. The number of hydrogen-bond acceptors (Lipinski definition) is 5. The van der Waals surface area contributed by atoms with Gasteiger partial charge in [-0.3, -0.25) is 0 Å². The highest BCUT2D eigenvalue weighted by Gasteiger charge is 2.21. The van der Waals surface area contributed by atoms with Crippen molar-refractivity contribution >= 4 is 63.9 Å². The first-order valence-electron chi connectivity index (χ1n) is 13.2. The second-order valence-electron chi connectivity index (χ2n) is 9.90. The fraction of sp³-hybridized carbons (Fsp3) is 0.355. The zero-order chi connectivity index (χ0) is 29.0. The molecular formula is C31H46N6S2. The lowest BCUT2D eigenvalue weighted by Crippen LogP contribution is -2.29. The molecule has 2 aromatic carbocycles. The van der Waals surface area contributed by atoms with Gasteiger partial charge in [-0.15, -0.1) is 9.39 Å². The average Bonchev–Trinajstić information content (AvgIpc) is 2.89. The maximum atomic E-state index is 4.88. The van der Waals surface area contributed by atoms with Crippen molar-refractivity contribution in [1.82, 2.24) is 10.2 Å².